The van der Waals surface area contributed by atoms with Gasteiger partial charge in [0.1, 0.15) is 5.75 Å². The predicted molar refractivity (Wildman–Crippen MR) is 75.7 cm³/mol. The number of methoxy groups -OCH3 is 1. The molecular weight excluding hydrogens is 274 g/mol. The maximum absolute atomic E-state index is 12.5. The van der Waals surface area contributed by atoms with E-state index in [0.29, 0.717) is 12.1 Å². The van der Waals surface area contributed by atoms with Crippen LogP contribution >= 0.6 is 0 Å². The third-order valence-corrected chi connectivity index (χ3v) is 3.54. The van der Waals surface area contributed by atoms with Gasteiger partial charge in [-0.3, -0.25) is 4.79 Å². The van der Waals surface area contributed by atoms with Gasteiger partial charge in [0.25, 0.3) is 5.91 Å². The van der Waals surface area contributed by atoms with E-state index in [1.165, 1.54) is 4.90 Å². The van der Waals surface area contributed by atoms with Crippen molar-refractivity contribution in [3.05, 3.63) is 28.8 Å². The molecule has 21 heavy (non-hydrogen) atoms. The van der Waals surface area contributed by atoms with Gasteiger partial charge < -0.3 is 19.5 Å². The van der Waals surface area contributed by atoms with Crippen molar-refractivity contribution in [1.29, 1.82) is 0 Å². The zero-order valence-corrected chi connectivity index (χ0v) is 12.4. The molecule has 1 amide bonds. The number of carbonyl (C=O) groups is 2. The maximum atomic E-state index is 12.5. The Labute approximate surface area is 123 Å². The number of aryl methyl sites for hydroxylation is 2. The van der Waals surface area contributed by atoms with Crippen molar-refractivity contribution in [2.24, 2.45) is 0 Å². The molecule has 0 radical (unpaired) electrons. The van der Waals surface area contributed by atoms with Crippen LogP contribution in [-0.4, -0.2) is 54.8 Å². The summed E-state index contributed by atoms with van der Waals surface area (Å²) in [4.78, 5) is 25.0. The van der Waals surface area contributed by atoms with Crippen molar-refractivity contribution >= 4 is 11.9 Å². The standard InChI is InChI=1S/C15H19NO5/c1-9-6-11(7-10(2)13(9)20-3)14(17)16-4-5-21-12(8-16)15(18)19/h6-7,12H,4-5,8H2,1-3H3,(H,18,19). The molecule has 1 aromatic rings. The zero-order chi connectivity index (χ0) is 15.6. The van der Waals surface area contributed by atoms with Crippen LogP contribution in [0.5, 0.6) is 5.75 Å². The minimum absolute atomic E-state index is 0.0677. The van der Waals surface area contributed by atoms with Crippen LogP contribution in [0, 0.1) is 13.8 Å². The topological polar surface area (TPSA) is 76.1 Å². The second kappa shape index (κ2) is 6.13. The summed E-state index contributed by atoms with van der Waals surface area (Å²) in [7, 11) is 1.59. The van der Waals surface area contributed by atoms with E-state index in [9.17, 15) is 9.59 Å². The molecule has 0 spiro atoms. The molecule has 1 saturated heterocycles. The van der Waals surface area contributed by atoms with E-state index in [4.69, 9.17) is 14.6 Å². The summed E-state index contributed by atoms with van der Waals surface area (Å²) in [6, 6.07) is 3.53. The number of morpholine rings is 1. The van der Waals surface area contributed by atoms with Gasteiger partial charge in [-0.15, -0.1) is 0 Å². The maximum Gasteiger partial charge on any atom is 0.334 e. The Morgan fingerprint density at radius 1 is 1.33 bits per heavy atom. The molecule has 2 rings (SSSR count). The van der Waals surface area contributed by atoms with E-state index in [-0.39, 0.29) is 19.1 Å². The molecule has 1 heterocycles. The van der Waals surface area contributed by atoms with Crippen molar-refractivity contribution in [3.63, 3.8) is 0 Å². The van der Waals surface area contributed by atoms with Gasteiger partial charge in [0.05, 0.1) is 20.3 Å². The third-order valence-electron chi connectivity index (χ3n) is 3.54. The van der Waals surface area contributed by atoms with Gasteiger partial charge in [-0.2, -0.15) is 0 Å². The van der Waals surface area contributed by atoms with Crippen LogP contribution in [0.2, 0.25) is 0 Å². The molecular formula is C15H19NO5. The number of benzene rings is 1. The number of carboxylic acids is 1. The minimum Gasteiger partial charge on any atom is -0.496 e. The van der Waals surface area contributed by atoms with Gasteiger partial charge >= 0.3 is 5.97 Å². The minimum atomic E-state index is -1.05. The van der Waals surface area contributed by atoms with Crippen molar-refractivity contribution < 1.29 is 24.2 Å². The van der Waals surface area contributed by atoms with Gasteiger partial charge in [0.15, 0.2) is 6.10 Å². The molecule has 0 aromatic heterocycles. The summed E-state index contributed by atoms with van der Waals surface area (Å²) in [5.41, 5.74) is 2.30. The van der Waals surface area contributed by atoms with Crippen molar-refractivity contribution in [2.75, 3.05) is 26.8 Å². The molecule has 114 valence electrons. The number of amides is 1. The highest BCUT2D eigenvalue weighted by molar-refractivity contribution is 5.95. The molecule has 1 aromatic carbocycles. The smallest absolute Gasteiger partial charge is 0.334 e. The molecule has 0 saturated carbocycles. The Bertz CT molecular complexity index is 546. The first kappa shape index (κ1) is 15.3. The SMILES string of the molecule is COc1c(C)cc(C(=O)N2CCOC(C(=O)O)C2)cc1C. The Morgan fingerprint density at radius 3 is 2.48 bits per heavy atom. The van der Waals surface area contributed by atoms with E-state index in [1.54, 1.807) is 19.2 Å². The van der Waals surface area contributed by atoms with Crippen molar-refractivity contribution in [2.45, 2.75) is 20.0 Å². The molecule has 1 aliphatic rings. The summed E-state index contributed by atoms with van der Waals surface area (Å²) < 4.78 is 10.4. The van der Waals surface area contributed by atoms with Crippen molar-refractivity contribution in [3.8, 4) is 5.75 Å². The van der Waals surface area contributed by atoms with E-state index < -0.39 is 12.1 Å². The van der Waals surface area contributed by atoms with E-state index >= 15 is 0 Å². The highest BCUT2D eigenvalue weighted by Gasteiger charge is 2.29. The number of rotatable bonds is 3. The fraction of sp³-hybridized carbons (Fsp3) is 0.467. The van der Waals surface area contributed by atoms with Crippen LogP contribution in [0.25, 0.3) is 0 Å². The van der Waals surface area contributed by atoms with Crippen LogP contribution in [0.1, 0.15) is 21.5 Å². The normalized spacial score (nSPS) is 18.4. The molecule has 6 nitrogen and oxygen atoms in total. The van der Waals surface area contributed by atoms with E-state index in [0.717, 1.165) is 16.9 Å². The lowest BCUT2D eigenvalue weighted by molar-refractivity contribution is -0.154. The zero-order valence-electron chi connectivity index (χ0n) is 12.4. The van der Waals surface area contributed by atoms with Crippen LogP contribution in [0.15, 0.2) is 12.1 Å². The van der Waals surface area contributed by atoms with E-state index in [2.05, 4.69) is 0 Å². The summed E-state index contributed by atoms with van der Waals surface area (Å²) in [5, 5.41) is 8.99. The van der Waals surface area contributed by atoms with E-state index in [1.807, 2.05) is 13.8 Å². The number of nitrogens with zero attached hydrogens (tertiary/aromatic N) is 1. The largest absolute Gasteiger partial charge is 0.496 e. The second-order valence-corrected chi connectivity index (χ2v) is 5.09. The Balaban J connectivity index is 2.22. The number of hydrogen-bond donors (Lipinski definition) is 1. The first-order valence-corrected chi connectivity index (χ1v) is 6.73. The van der Waals surface area contributed by atoms with Crippen molar-refractivity contribution in [1.82, 2.24) is 4.90 Å². The highest BCUT2D eigenvalue weighted by Crippen LogP contribution is 2.25. The summed E-state index contributed by atoms with van der Waals surface area (Å²) in [5.74, 6) is -0.468. The molecule has 1 fully saturated rings. The van der Waals surface area contributed by atoms with Crippen LogP contribution < -0.4 is 4.74 Å². The van der Waals surface area contributed by atoms with Gasteiger partial charge in [-0.1, -0.05) is 0 Å². The molecule has 0 bridgehead atoms. The number of carboxylic acid groups (broad SMARTS) is 1. The van der Waals surface area contributed by atoms with Crippen LogP contribution in [-0.2, 0) is 9.53 Å². The average molecular weight is 293 g/mol. The number of aliphatic carboxylic acids is 1. The summed E-state index contributed by atoms with van der Waals surface area (Å²) in [6.45, 7) is 4.45. The average Bonchev–Trinajstić information content (AvgIpc) is 2.46. The Hall–Kier alpha value is -2.08. The number of carbonyl (C=O) groups excluding carboxylic acids is 1. The Morgan fingerprint density at radius 2 is 1.95 bits per heavy atom. The monoisotopic (exact) mass is 293 g/mol. The van der Waals surface area contributed by atoms with Crippen LogP contribution in [0.3, 0.4) is 0 Å². The first-order valence-electron chi connectivity index (χ1n) is 6.73. The Kier molecular flexibility index (Phi) is 4.47. The predicted octanol–water partition coefficient (Wildman–Crippen LogP) is 1.24. The first-order chi connectivity index (χ1) is 9.93. The molecule has 6 heteroatoms. The molecule has 1 N–H and O–H groups in total. The lowest BCUT2D eigenvalue weighted by Gasteiger charge is -2.31. The van der Waals surface area contributed by atoms with Crippen LogP contribution in [0.4, 0.5) is 0 Å². The van der Waals surface area contributed by atoms with Gasteiger partial charge in [0.2, 0.25) is 0 Å². The quantitative estimate of drug-likeness (QED) is 0.907. The van der Waals surface area contributed by atoms with Gasteiger partial charge in [0, 0.05) is 12.1 Å². The summed E-state index contributed by atoms with van der Waals surface area (Å²) in [6.07, 6.45) is -0.955. The van der Waals surface area contributed by atoms with Gasteiger partial charge in [-0.05, 0) is 37.1 Å². The molecule has 0 aliphatic carbocycles. The van der Waals surface area contributed by atoms with Gasteiger partial charge in [-0.25, -0.2) is 4.79 Å². The number of ether oxygens (including phenoxy) is 2. The highest BCUT2D eigenvalue weighted by atomic mass is 16.5. The molecule has 1 unspecified atom stereocenters. The summed E-state index contributed by atoms with van der Waals surface area (Å²) >= 11 is 0. The fourth-order valence-electron chi connectivity index (χ4n) is 2.56. The lowest BCUT2D eigenvalue weighted by Crippen LogP contribution is -2.48. The number of hydrogen-bond acceptors (Lipinski definition) is 4. The fourth-order valence-corrected chi connectivity index (χ4v) is 2.56. The molecule has 1 atom stereocenters. The molecule has 1 aliphatic heterocycles. The lowest BCUT2D eigenvalue weighted by atomic mass is 10.0. The third kappa shape index (κ3) is 3.16. The second-order valence-electron chi connectivity index (χ2n) is 5.09.